The Morgan fingerprint density at radius 2 is 1.92 bits per heavy atom. The first-order valence-corrected chi connectivity index (χ1v) is 8.05. The number of aryl methyl sites for hydroxylation is 1. The van der Waals surface area contributed by atoms with Crippen molar-refractivity contribution in [1.29, 1.82) is 0 Å². The van der Waals surface area contributed by atoms with Crippen molar-refractivity contribution in [3.05, 3.63) is 29.3 Å². The topological polar surface area (TPSA) is 72.0 Å². The van der Waals surface area contributed by atoms with Gasteiger partial charge in [-0.05, 0) is 51.3 Å². The van der Waals surface area contributed by atoms with Gasteiger partial charge in [0.2, 0.25) is 0 Å². The van der Waals surface area contributed by atoms with E-state index in [9.17, 15) is 4.79 Å². The molecule has 142 valence electrons. The monoisotopic (exact) mass is 463 g/mol. The Labute approximate surface area is 167 Å². The molecular formula is C18H30IN3O3. The second-order valence-electron chi connectivity index (χ2n) is 6.49. The van der Waals surface area contributed by atoms with Crippen molar-refractivity contribution in [3.63, 3.8) is 0 Å². The summed E-state index contributed by atoms with van der Waals surface area (Å²) in [5, 5.41) is 6.13. The zero-order valence-corrected chi connectivity index (χ0v) is 18.3. The summed E-state index contributed by atoms with van der Waals surface area (Å²) in [5.74, 6) is 1.15. The molecular weight excluding hydrogens is 433 g/mol. The zero-order chi connectivity index (χ0) is 18.2. The number of aliphatic imine (C=N–C) groups is 1. The van der Waals surface area contributed by atoms with Gasteiger partial charge in [0.1, 0.15) is 17.9 Å². The van der Waals surface area contributed by atoms with Gasteiger partial charge in [0, 0.05) is 13.6 Å². The van der Waals surface area contributed by atoms with Gasteiger partial charge in [0.05, 0.1) is 7.11 Å². The molecule has 0 aliphatic heterocycles. The van der Waals surface area contributed by atoms with Crippen LogP contribution in [0.15, 0.2) is 23.2 Å². The molecule has 0 radical (unpaired) electrons. The summed E-state index contributed by atoms with van der Waals surface area (Å²) in [4.78, 5) is 15.8. The summed E-state index contributed by atoms with van der Waals surface area (Å²) >= 11 is 0. The lowest BCUT2D eigenvalue weighted by atomic mass is 10.1. The molecule has 0 saturated carbocycles. The summed E-state index contributed by atoms with van der Waals surface area (Å²) in [6, 6.07) is 6.16. The summed E-state index contributed by atoms with van der Waals surface area (Å²) in [6.07, 6.45) is 0.823. The Morgan fingerprint density at radius 3 is 2.48 bits per heavy atom. The second kappa shape index (κ2) is 11.2. The molecule has 1 aromatic rings. The SMILES string of the molecule is CN=C(NCCc1ccc(C)c(OC)c1)NCC(=O)OC(C)(C)C.I. The molecule has 6 nitrogen and oxygen atoms in total. The molecule has 0 unspecified atom stereocenters. The van der Waals surface area contributed by atoms with Crippen LogP contribution < -0.4 is 15.4 Å². The lowest BCUT2D eigenvalue weighted by Gasteiger charge is -2.20. The lowest BCUT2D eigenvalue weighted by Crippen LogP contribution is -2.42. The first kappa shape index (κ1) is 23.5. The molecule has 0 aliphatic carbocycles. The van der Waals surface area contributed by atoms with E-state index in [1.165, 1.54) is 5.56 Å². The summed E-state index contributed by atoms with van der Waals surface area (Å²) in [5.41, 5.74) is 1.80. The number of hydrogen-bond acceptors (Lipinski definition) is 4. The Bertz CT molecular complexity index is 583. The normalized spacial score (nSPS) is 11.4. The van der Waals surface area contributed by atoms with Crippen molar-refractivity contribution in [2.45, 2.75) is 39.7 Å². The van der Waals surface area contributed by atoms with Crippen molar-refractivity contribution in [2.75, 3.05) is 27.2 Å². The smallest absolute Gasteiger partial charge is 0.325 e. The molecule has 0 amide bonds. The first-order chi connectivity index (χ1) is 11.2. The maximum atomic E-state index is 11.7. The van der Waals surface area contributed by atoms with Gasteiger partial charge >= 0.3 is 5.97 Å². The van der Waals surface area contributed by atoms with Crippen LogP contribution in [-0.2, 0) is 16.0 Å². The van der Waals surface area contributed by atoms with E-state index in [1.54, 1.807) is 14.2 Å². The third kappa shape index (κ3) is 9.52. The van der Waals surface area contributed by atoms with Crippen molar-refractivity contribution >= 4 is 35.9 Å². The average Bonchev–Trinajstić information content (AvgIpc) is 2.50. The Hall–Kier alpha value is -1.51. The molecule has 0 bridgehead atoms. The number of nitrogens with one attached hydrogen (secondary N) is 2. The molecule has 1 aromatic carbocycles. The molecule has 0 aliphatic rings. The highest BCUT2D eigenvalue weighted by atomic mass is 127. The fraction of sp³-hybridized carbons (Fsp3) is 0.556. The maximum absolute atomic E-state index is 11.7. The van der Waals surface area contributed by atoms with Crippen LogP contribution in [0.3, 0.4) is 0 Å². The largest absolute Gasteiger partial charge is 0.496 e. The fourth-order valence-corrected chi connectivity index (χ4v) is 2.10. The molecule has 1 rings (SSSR count). The van der Waals surface area contributed by atoms with Crippen molar-refractivity contribution in [3.8, 4) is 5.75 Å². The number of carbonyl (C=O) groups excluding carboxylic acids is 1. The van der Waals surface area contributed by atoms with Gasteiger partial charge in [-0.25, -0.2) is 0 Å². The lowest BCUT2D eigenvalue weighted by molar-refractivity contribution is -0.153. The number of methoxy groups -OCH3 is 1. The van der Waals surface area contributed by atoms with Crippen LogP contribution in [-0.4, -0.2) is 44.8 Å². The van der Waals surface area contributed by atoms with Crippen LogP contribution in [0.25, 0.3) is 0 Å². The average molecular weight is 463 g/mol. The Morgan fingerprint density at radius 1 is 1.24 bits per heavy atom. The van der Waals surface area contributed by atoms with Gasteiger partial charge in [-0.15, -0.1) is 24.0 Å². The number of benzene rings is 1. The minimum absolute atomic E-state index is 0. The second-order valence-corrected chi connectivity index (χ2v) is 6.49. The minimum atomic E-state index is -0.486. The van der Waals surface area contributed by atoms with E-state index in [1.807, 2.05) is 39.8 Å². The molecule has 0 aromatic heterocycles. The van der Waals surface area contributed by atoms with E-state index in [2.05, 4.69) is 21.7 Å². The third-order valence-corrected chi connectivity index (χ3v) is 3.22. The molecule has 25 heavy (non-hydrogen) atoms. The quantitative estimate of drug-likeness (QED) is 0.294. The van der Waals surface area contributed by atoms with Crippen LogP contribution >= 0.6 is 24.0 Å². The Balaban J connectivity index is 0.00000576. The van der Waals surface area contributed by atoms with Gasteiger partial charge < -0.3 is 20.1 Å². The summed E-state index contributed by atoms with van der Waals surface area (Å²) < 4.78 is 10.6. The van der Waals surface area contributed by atoms with Gasteiger partial charge in [-0.1, -0.05) is 12.1 Å². The highest BCUT2D eigenvalue weighted by Gasteiger charge is 2.16. The number of guanidine groups is 1. The molecule has 0 heterocycles. The first-order valence-electron chi connectivity index (χ1n) is 8.05. The number of carbonyl (C=O) groups is 1. The number of esters is 1. The number of rotatable bonds is 6. The van der Waals surface area contributed by atoms with Gasteiger partial charge in [0.15, 0.2) is 5.96 Å². The summed E-state index contributed by atoms with van der Waals surface area (Å²) in [6.45, 7) is 8.31. The minimum Gasteiger partial charge on any atom is -0.496 e. The zero-order valence-electron chi connectivity index (χ0n) is 15.9. The van der Waals surface area contributed by atoms with E-state index in [4.69, 9.17) is 9.47 Å². The van der Waals surface area contributed by atoms with Gasteiger partial charge in [-0.2, -0.15) is 0 Å². The third-order valence-electron chi connectivity index (χ3n) is 3.22. The van der Waals surface area contributed by atoms with E-state index in [-0.39, 0.29) is 36.5 Å². The standard InChI is InChI=1S/C18H29N3O3.HI/c1-13-7-8-14(11-15(13)23-6)9-10-20-17(19-5)21-12-16(22)24-18(2,3)4;/h7-8,11H,9-10,12H2,1-6H3,(H2,19,20,21);1H. The van der Waals surface area contributed by atoms with Crippen molar-refractivity contribution < 1.29 is 14.3 Å². The predicted octanol–water partition coefficient (Wildman–Crippen LogP) is 2.67. The van der Waals surface area contributed by atoms with Crippen molar-refractivity contribution in [1.82, 2.24) is 10.6 Å². The number of nitrogens with zero attached hydrogens (tertiary/aromatic N) is 1. The molecule has 0 atom stereocenters. The molecule has 0 fully saturated rings. The van der Waals surface area contributed by atoms with Gasteiger partial charge in [0.25, 0.3) is 0 Å². The molecule has 7 heteroatoms. The number of halogens is 1. The van der Waals surface area contributed by atoms with Gasteiger partial charge in [-0.3, -0.25) is 9.79 Å². The van der Waals surface area contributed by atoms with E-state index >= 15 is 0 Å². The maximum Gasteiger partial charge on any atom is 0.325 e. The van der Waals surface area contributed by atoms with Crippen LogP contribution in [0.1, 0.15) is 31.9 Å². The highest BCUT2D eigenvalue weighted by molar-refractivity contribution is 14.0. The summed E-state index contributed by atoms with van der Waals surface area (Å²) in [7, 11) is 3.34. The van der Waals surface area contributed by atoms with Crippen LogP contribution in [0.2, 0.25) is 0 Å². The molecule has 0 spiro atoms. The predicted molar refractivity (Wildman–Crippen MR) is 112 cm³/mol. The highest BCUT2D eigenvalue weighted by Crippen LogP contribution is 2.18. The molecule has 2 N–H and O–H groups in total. The van der Waals surface area contributed by atoms with Crippen LogP contribution in [0.5, 0.6) is 5.75 Å². The van der Waals surface area contributed by atoms with E-state index < -0.39 is 5.60 Å². The van der Waals surface area contributed by atoms with E-state index in [0.29, 0.717) is 12.5 Å². The number of hydrogen-bond donors (Lipinski definition) is 2. The molecule has 0 saturated heterocycles. The van der Waals surface area contributed by atoms with E-state index in [0.717, 1.165) is 17.7 Å². The Kier molecular flexibility index (Phi) is 10.5. The van der Waals surface area contributed by atoms with Crippen LogP contribution in [0.4, 0.5) is 0 Å². The van der Waals surface area contributed by atoms with Crippen molar-refractivity contribution in [2.24, 2.45) is 4.99 Å². The number of ether oxygens (including phenoxy) is 2. The van der Waals surface area contributed by atoms with Crippen LogP contribution in [0, 0.1) is 6.92 Å². The fourth-order valence-electron chi connectivity index (χ4n) is 2.10.